The van der Waals surface area contributed by atoms with E-state index in [9.17, 15) is 8.60 Å². The minimum atomic E-state index is -1.24. The second-order valence-electron chi connectivity index (χ2n) is 3.92. The molecule has 2 N–H and O–H groups in total. The summed E-state index contributed by atoms with van der Waals surface area (Å²) >= 11 is 0. The summed E-state index contributed by atoms with van der Waals surface area (Å²) in [6.07, 6.45) is 0.918. The summed E-state index contributed by atoms with van der Waals surface area (Å²) in [5.74, 6) is 0.386. The van der Waals surface area contributed by atoms with E-state index >= 15 is 0 Å². The molecule has 0 saturated carbocycles. The van der Waals surface area contributed by atoms with Crippen molar-refractivity contribution in [3.63, 3.8) is 0 Å². The molecule has 1 aromatic rings. The van der Waals surface area contributed by atoms with Gasteiger partial charge < -0.3 is 10.5 Å². The van der Waals surface area contributed by atoms with Gasteiger partial charge in [0.15, 0.2) is 0 Å². The Morgan fingerprint density at radius 1 is 1.56 bits per heavy atom. The Morgan fingerprint density at radius 2 is 2.38 bits per heavy atom. The standard InChI is InChI=1S/C11H14FNO2S/c12-9-1-2-10(13)11(5-9)16(14)7-8-3-4-15-6-8/h1-2,5,8H,3-4,6-7,13H2. The number of benzene rings is 1. The third-order valence-corrected chi connectivity index (χ3v) is 4.25. The molecule has 5 heteroatoms. The number of hydrogen-bond acceptors (Lipinski definition) is 3. The molecular weight excluding hydrogens is 229 g/mol. The van der Waals surface area contributed by atoms with E-state index < -0.39 is 16.6 Å². The maximum absolute atomic E-state index is 13.0. The fraction of sp³-hybridized carbons (Fsp3) is 0.455. The largest absolute Gasteiger partial charge is 0.398 e. The third kappa shape index (κ3) is 2.59. The molecule has 1 saturated heterocycles. The van der Waals surface area contributed by atoms with Crippen molar-refractivity contribution in [2.24, 2.45) is 5.92 Å². The van der Waals surface area contributed by atoms with E-state index in [1.165, 1.54) is 18.2 Å². The molecule has 0 radical (unpaired) electrons. The quantitative estimate of drug-likeness (QED) is 0.819. The third-order valence-electron chi connectivity index (χ3n) is 2.63. The lowest BCUT2D eigenvalue weighted by Gasteiger charge is -2.09. The number of ether oxygens (including phenoxy) is 1. The highest BCUT2D eigenvalue weighted by atomic mass is 32.2. The summed E-state index contributed by atoms with van der Waals surface area (Å²) in [5, 5.41) is 0. The molecule has 3 nitrogen and oxygen atoms in total. The minimum Gasteiger partial charge on any atom is -0.398 e. The number of anilines is 1. The van der Waals surface area contributed by atoms with E-state index in [0.717, 1.165) is 13.0 Å². The number of hydrogen-bond donors (Lipinski definition) is 1. The van der Waals surface area contributed by atoms with E-state index in [1.54, 1.807) is 0 Å². The zero-order valence-electron chi connectivity index (χ0n) is 8.82. The summed E-state index contributed by atoms with van der Waals surface area (Å²) in [6.45, 7) is 1.36. The van der Waals surface area contributed by atoms with Crippen molar-refractivity contribution in [2.45, 2.75) is 11.3 Å². The van der Waals surface area contributed by atoms with Gasteiger partial charge in [0.2, 0.25) is 0 Å². The SMILES string of the molecule is Nc1ccc(F)cc1S(=O)CC1CCOC1. The first-order valence-electron chi connectivity index (χ1n) is 5.18. The second kappa shape index (κ2) is 4.93. The molecule has 16 heavy (non-hydrogen) atoms. The first-order valence-corrected chi connectivity index (χ1v) is 6.50. The summed E-state index contributed by atoms with van der Waals surface area (Å²) in [6, 6.07) is 3.98. The molecule has 2 atom stereocenters. The lowest BCUT2D eigenvalue weighted by molar-refractivity contribution is 0.189. The van der Waals surface area contributed by atoms with Gasteiger partial charge in [-0.05, 0) is 30.5 Å². The van der Waals surface area contributed by atoms with E-state index in [2.05, 4.69) is 0 Å². The van der Waals surface area contributed by atoms with Crippen LogP contribution in [-0.4, -0.2) is 23.2 Å². The predicted octanol–water partition coefficient (Wildman–Crippen LogP) is 1.55. The van der Waals surface area contributed by atoms with Crippen LogP contribution < -0.4 is 5.73 Å². The van der Waals surface area contributed by atoms with Gasteiger partial charge in [-0.25, -0.2) is 4.39 Å². The summed E-state index contributed by atoms with van der Waals surface area (Å²) in [4.78, 5) is 0.395. The predicted molar refractivity (Wildman–Crippen MR) is 61.0 cm³/mol. The van der Waals surface area contributed by atoms with Crippen LogP contribution in [0.2, 0.25) is 0 Å². The second-order valence-corrected chi connectivity index (χ2v) is 5.39. The van der Waals surface area contributed by atoms with E-state index in [1.807, 2.05) is 0 Å². The van der Waals surface area contributed by atoms with Gasteiger partial charge in [0.25, 0.3) is 0 Å². The molecule has 1 aromatic carbocycles. The monoisotopic (exact) mass is 243 g/mol. The normalized spacial score (nSPS) is 22.2. The lowest BCUT2D eigenvalue weighted by Crippen LogP contribution is -2.12. The molecule has 0 aromatic heterocycles. The van der Waals surface area contributed by atoms with Crippen LogP contribution in [0.1, 0.15) is 6.42 Å². The van der Waals surface area contributed by atoms with Gasteiger partial charge in [0, 0.05) is 18.0 Å². The van der Waals surface area contributed by atoms with Gasteiger partial charge in [-0.3, -0.25) is 4.21 Å². The average Bonchev–Trinajstić information content (AvgIpc) is 2.74. The molecule has 1 aliphatic heterocycles. The molecule has 88 valence electrons. The van der Waals surface area contributed by atoms with Crippen LogP contribution >= 0.6 is 0 Å². The first-order chi connectivity index (χ1) is 7.66. The number of nitrogen functional groups attached to an aromatic ring is 1. The maximum Gasteiger partial charge on any atom is 0.124 e. The van der Waals surface area contributed by atoms with Crippen LogP contribution in [0.4, 0.5) is 10.1 Å². The summed E-state index contributed by atoms with van der Waals surface area (Å²) in [5.41, 5.74) is 6.06. The van der Waals surface area contributed by atoms with Crippen LogP contribution in [-0.2, 0) is 15.5 Å². The fourth-order valence-electron chi connectivity index (χ4n) is 1.72. The molecule has 0 spiro atoms. The summed E-state index contributed by atoms with van der Waals surface area (Å²) < 4.78 is 30.2. The molecule has 1 heterocycles. The van der Waals surface area contributed by atoms with Crippen molar-refractivity contribution in [1.29, 1.82) is 0 Å². The zero-order valence-corrected chi connectivity index (χ0v) is 9.63. The smallest absolute Gasteiger partial charge is 0.124 e. The van der Waals surface area contributed by atoms with Crippen molar-refractivity contribution in [1.82, 2.24) is 0 Å². The van der Waals surface area contributed by atoms with E-state index in [0.29, 0.717) is 28.9 Å². The molecular formula is C11H14FNO2S. The highest BCUT2D eigenvalue weighted by Crippen LogP contribution is 2.22. The van der Waals surface area contributed by atoms with Gasteiger partial charge in [0.1, 0.15) is 5.82 Å². The van der Waals surface area contributed by atoms with Crippen molar-refractivity contribution in [3.05, 3.63) is 24.0 Å². The van der Waals surface area contributed by atoms with Crippen molar-refractivity contribution in [2.75, 3.05) is 24.7 Å². The Hall–Kier alpha value is -0.940. The highest BCUT2D eigenvalue weighted by molar-refractivity contribution is 7.85. The van der Waals surface area contributed by atoms with Crippen LogP contribution in [0.3, 0.4) is 0 Å². The minimum absolute atomic E-state index is 0.295. The Balaban J connectivity index is 2.10. The maximum atomic E-state index is 13.0. The van der Waals surface area contributed by atoms with Crippen molar-refractivity contribution >= 4 is 16.5 Å². The molecule has 2 unspecified atom stereocenters. The Kier molecular flexibility index (Phi) is 3.56. The number of nitrogens with two attached hydrogens (primary N) is 1. The molecule has 1 aliphatic rings. The van der Waals surface area contributed by atoms with Crippen LogP contribution in [0.5, 0.6) is 0 Å². The van der Waals surface area contributed by atoms with Gasteiger partial charge in [-0.1, -0.05) is 0 Å². The van der Waals surface area contributed by atoms with Crippen molar-refractivity contribution in [3.8, 4) is 0 Å². The lowest BCUT2D eigenvalue weighted by atomic mass is 10.2. The van der Waals surface area contributed by atoms with Crippen molar-refractivity contribution < 1.29 is 13.3 Å². The Bertz CT molecular complexity index is 405. The van der Waals surface area contributed by atoms with E-state index in [4.69, 9.17) is 10.5 Å². The summed E-state index contributed by atoms with van der Waals surface area (Å²) in [7, 11) is -1.24. The number of halogens is 1. The topological polar surface area (TPSA) is 52.3 Å². The first kappa shape index (κ1) is 11.5. The highest BCUT2D eigenvalue weighted by Gasteiger charge is 2.20. The molecule has 2 rings (SSSR count). The molecule has 0 bridgehead atoms. The van der Waals surface area contributed by atoms with Gasteiger partial charge in [-0.15, -0.1) is 0 Å². The Morgan fingerprint density at radius 3 is 3.06 bits per heavy atom. The van der Waals surface area contributed by atoms with Crippen LogP contribution in [0, 0.1) is 11.7 Å². The average molecular weight is 243 g/mol. The van der Waals surface area contributed by atoms with Crippen LogP contribution in [0.15, 0.2) is 23.1 Å². The molecule has 0 aliphatic carbocycles. The fourth-order valence-corrected chi connectivity index (χ4v) is 3.17. The van der Waals surface area contributed by atoms with Crippen LogP contribution in [0.25, 0.3) is 0 Å². The van der Waals surface area contributed by atoms with Gasteiger partial charge in [0.05, 0.1) is 22.3 Å². The molecule has 1 fully saturated rings. The molecule has 0 amide bonds. The Labute approximate surface area is 96.2 Å². The van der Waals surface area contributed by atoms with Gasteiger partial charge in [-0.2, -0.15) is 0 Å². The zero-order chi connectivity index (χ0) is 11.5. The van der Waals surface area contributed by atoms with E-state index in [-0.39, 0.29) is 0 Å². The number of rotatable bonds is 3. The van der Waals surface area contributed by atoms with Gasteiger partial charge >= 0.3 is 0 Å².